The molecule has 0 spiro atoms. The van der Waals surface area contributed by atoms with Gasteiger partial charge in [-0.1, -0.05) is 11.6 Å². The van der Waals surface area contributed by atoms with Crippen molar-refractivity contribution in [1.82, 2.24) is 4.68 Å². The minimum atomic E-state index is 0.601. The van der Waals surface area contributed by atoms with Crippen LogP contribution in [0.3, 0.4) is 0 Å². The molecular formula is C9H9ClN2O. The maximum absolute atomic E-state index is 6.06. The highest BCUT2D eigenvalue weighted by Crippen LogP contribution is 2.32. The van der Waals surface area contributed by atoms with Crippen LogP contribution in [0.1, 0.15) is 0 Å². The first-order valence-electron chi connectivity index (χ1n) is 3.82. The van der Waals surface area contributed by atoms with E-state index in [4.69, 9.17) is 22.2 Å². The second kappa shape index (κ2) is 2.85. The second-order valence-corrected chi connectivity index (χ2v) is 3.12. The first-order valence-corrected chi connectivity index (χ1v) is 4.20. The Labute approximate surface area is 80.6 Å². The summed E-state index contributed by atoms with van der Waals surface area (Å²) >= 11 is 6.06. The molecule has 0 fully saturated rings. The first kappa shape index (κ1) is 8.26. The van der Waals surface area contributed by atoms with Gasteiger partial charge >= 0.3 is 0 Å². The Hall–Kier alpha value is -1.35. The van der Waals surface area contributed by atoms with Crippen molar-refractivity contribution in [2.75, 3.05) is 13.0 Å². The van der Waals surface area contributed by atoms with Crippen LogP contribution in [0.25, 0.3) is 10.9 Å². The van der Waals surface area contributed by atoms with Crippen molar-refractivity contribution in [2.24, 2.45) is 0 Å². The van der Waals surface area contributed by atoms with E-state index < -0.39 is 0 Å². The number of nitrogens with zero attached hydrogens (tertiary/aromatic N) is 1. The van der Waals surface area contributed by atoms with E-state index in [0.29, 0.717) is 10.8 Å². The van der Waals surface area contributed by atoms with Gasteiger partial charge < -0.3 is 10.6 Å². The predicted octanol–water partition coefficient (Wildman–Crippen LogP) is 2.02. The Kier molecular flexibility index (Phi) is 1.81. The number of nitrogens with two attached hydrogens (primary N) is 1. The second-order valence-electron chi connectivity index (χ2n) is 2.74. The van der Waals surface area contributed by atoms with Gasteiger partial charge in [0.1, 0.15) is 5.75 Å². The summed E-state index contributed by atoms with van der Waals surface area (Å²) in [5.74, 6) is 6.32. The standard InChI is InChI=1S/C9H9ClN2O/c1-13-8-3-2-7-6(9(8)10)4-5-12(7)11/h2-5H,11H2,1H3. The summed E-state index contributed by atoms with van der Waals surface area (Å²) in [6, 6.07) is 5.54. The maximum atomic E-state index is 6.06. The molecule has 1 aromatic heterocycles. The smallest absolute Gasteiger partial charge is 0.138 e. The molecule has 1 heterocycles. The fraction of sp³-hybridized carbons (Fsp3) is 0.111. The van der Waals surface area contributed by atoms with Gasteiger partial charge in [0.25, 0.3) is 0 Å². The molecule has 0 saturated carbocycles. The molecule has 4 heteroatoms. The molecule has 2 rings (SSSR count). The summed E-state index contributed by atoms with van der Waals surface area (Å²) in [4.78, 5) is 0. The molecule has 1 aromatic carbocycles. The molecule has 0 aliphatic heterocycles. The number of ether oxygens (including phenoxy) is 1. The van der Waals surface area contributed by atoms with Gasteiger partial charge in [-0.25, -0.2) is 0 Å². The van der Waals surface area contributed by atoms with Crippen LogP contribution in [0.5, 0.6) is 5.75 Å². The fourth-order valence-corrected chi connectivity index (χ4v) is 1.64. The van der Waals surface area contributed by atoms with Gasteiger partial charge in [-0.15, -0.1) is 0 Å². The van der Waals surface area contributed by atoms with E-state index in [2.05, 4.69) is 0 Å². The largest absolute Gasteiger partial charge is 0.495 e. The maximum Gasteiger partial charge on any atom is 0.138 e. The van der Waals surface area contributed by atoms with E-state index in [1.54, 1.807) is 19.4 Å². The number of rotatable bonds is 1. The van der Waals surface area contributed by atoms with E-state index in [-0.39, 0.29) is 0 Å². The Morgan fingerprint density at radius 3 is 2.85 bits per heavy atom. The molecule has 0 aliphatic carbocycles. The summed E-state index contributed by atoms with van der Waals surface area (Å²) in [5.41, 5.74) is 0.894. The van der Waals surface area contributed by atoms with Crippen molar-refractivity contribution in [1.29, 1.82) is 0 Å². The summed E-state index contributed by atoms with van der Waals surface area (Å²) in [6.07, 6.45) is 1.76. The summed E-state index contributed by atoms with van der Waals surface area (Å²) in [7, 11) is 1.59. The van der Waals surface area contributed by atoms with E-state index >= 15 is 0 Å². The predicted molar refractivity (Wildman–Crippen MR) is 53.7 cm³/mol. The van der Waals surface area contributed by atoms with Crippen molar-refractivity contribution >= 4 is 22.5 Å². The lowest BCUT2D eigenvalue weighted by Crippen LogP contribution is -2.04. The third kappa shape index (κ3) is 1.12. The fourth-order valence-electron chi connectivity index (χ4n) is 1.34. The lowest BCUT2D eigenvalue weighted by atomic mass is 10.2. The zero-order valence-corrected chi connectivity index (χ0v) is 7.88. The van der Waals surface area contributed by atoms with Crippen molar-refractivity contribution < 1.29 is 4.74 Å². The summed E-state index contributed by atoms with van der Waals surface area (Å²) in [6.45, 7) is 0. The number of halogens is 1. The normalized spacial score (nSPS) is 10.6. The molecule has 0 atom stereocenters. The van der Waals surface area contributed by atoms with Gasteiger partial charge in [0.05, 0.1) is 17.6 Å². The van der Waals surface area contributed by atoms with Crippen LogP contribution < -0.4 is 10.6 Å². The van der Waals surface area contributed by atoms with Crippen molar-refractivity contribution in [3.8, 4) is 5.75 Å². The molecule has 2 aromatic rings. The van der Waals surface area contributed by atoms with E-state index in [9.17, 15) is 0 Å². The molecule has 0 bridgehead atoms. The highest BCUT2D eigenvalue weighted by Gasteiger charge is 2.07. The van der Waals surface area contributed by atoms with Gasteiger partial charge in [0.15, 0.2) is 0 Å². The van der Waals surface area contributed by atoms with Crippen molar-refractivity contribution in [3.63, 3.8) is 0 Å². The Bertz CT molecular complexity index is 450. The van der Waals surface area contributed by atoms with Gasteiger partial charge in [-0.05, 0) is 18.2 Å². The van der Waals surface area contributed by atoms with Crippen LogP contribution in [0, 0.1) is 0 Å². The van der Waals surface area contributed by atoms with E-state index in [0.717, 1.165) is 10.9 Å². The lowest BCUT2D eigenvalue weighted by molar-refractivity contribution is 0.415. The summed E-state index contributed by atoms with van der Waals surface area (Å²) < 4.78 is 6.61. The number of hydrogen-bond acceptors (Lipinski definition) is 2. The average molecular weight is 197 g/mol. The number of aromatic nitrogens is 1. The van der Waals surface area contributed by atoms with Crippen LogP contribution in [0.4, 0.5) is 0 Å². The molecule has 2 N–H and O–H groups in total. The summed E-state index contributed by atoms with van der Waals surface area (Å²) in [5, 5.41) is 1.51. The molecule has 68 valence electrons. The third-order valence-electron chi connectivity index (χ3n) is 2.02. The monoisotopic (exact) mass is 196 g/mol. The minimum Gasteiger partial charge on any atom is -0.495 e. The topological polar surface area (TPSA) is 40.2 Å². The number of benzene rings is 1. The minimum absolute atomic E-state index is 0.601. The third-order valence-corrected chi connectivity index (χ3v) is 2.41. The Morgan fingerprint density at radius 1 is 1.38 bits per heavy atom. The van der Waals surface area contributed by atoms with Gasteiger partial charge in [-0.3, -0.25) is 4.68 Å². The molecule has 13 heavy (non-hydrogen) atoms. The van der Waals surface area contributed by atoms with Crippen molar-refractivity contribution in [2.45, 2.75) is 0 Å². The highest BCUT2D eigenvalue weighted by molar-refractivity contribution is 6.36. The molecular weight excluding hydrogens is 188 g/mol. The lowest BCUT2D eigenvalue weighted by Gasteiger charge is -2.03. The zero-order chi connectivity index (χ0) is 9.42. The van der Waals surface area contributed by atoms with Crippen LogP contribution in [-0.4, -0.2) is 11.8 Å². The molecule has 0 amide bonds. The molecule has 0 radical (unpaired) electrons. The zero-order valence-electron chi connectivity index (χ0n) is 7.12. The molecule has 0 aliphatic rings. The van der Waals surface area contributed by atoms with Crippen LogP contribution in [0.2, 0.25) is 5.02 Å². The number of nitrogen functional groups attached to an aromatic ring is 1. The highest BCUT2D eigenvalue weighted by atomic mass is 35.5. The van der Waals surface area contributed by atoms with Crippen LogP contribution in [-0.2, 0) is 0 Å². The average Bonchev–Trinajstić information content (AvgIpc) is 2.50. The molecule has 0 unspecified atom stereocenters. The number of fused-ring (bicyclic) bond motifs is 1. The number of methoxy groups -OCH3 is 1. The Balaban J connectivity index is 2.80. The van der Waals surface area contributed by atoms with Gasteiger partial charge in [0.2, 0.25) is 0 Å². The van der Waals surface area contributed by atoms with Gasteiger partial charge in [-0.2, -0.15) is 0 Å². The van der Waals surface area contributed by atoms with E-state index in [1.165, 1.54) is 4.68 Å². The van der Waals surface area contributed by atoms with Gasteiger partial charge in [0, 0.05) is 11.6 Å². The number of hydrogen-bond donors (Lipinski definition) is 1. The van der Waals surface area contributed by atoms with E-state index in [1.807, 2.05) is 12.1 Å². The van der Waals surface area contributed by atoms with Crippen LogP contribution in [0.15, 0.2) is 24.4 Å². The SMILES string of the molecule is COc1ccc2c(ccn2N)c1Cl. The molecule has 3 nitrogen and oxygen atoms in total. The van der Waals surface area contributed by atoms with Crippen molar-refractivity contribution in [3.05, 3.63) is 29.4 Å². The Morgan fingerprint density at radius 2 is 2.15 bits per heavy atom. The molecule has 0 saturated heterocycles. The first-order chi connectivity index (χ1) is 6.24. The quantitative estimate of drug-likeness (QED) is 0.709. The van der Waals surface area contributed by atoms with Crippen LogP contribution >= 0.6 is 11.6 Å².